The van der Waals surface area contributed by atoms with E-state index in [1.54, 1.807) is 0 Å². The summed E-state index contributed by atoms with van der Waals surface area (Å²) < 4.78 is 26.8. The number of nitro groups is 1. The molecule has 0 bridgehead atoms. The first-order valence-electron chi connectivity index (χ1n) is 6.02. The van der Waals surface area contributed by atoms with Gasteiger partial charge < -0.3 is 5.73 Å². The van der Waals surface area contributed by atoms with Crippen molar-refractivity contribution in [2.75, 3.05) is 13.1 Å². The van der Waals surface area contributed by atoms with Gasteiger partial charge in [-0.1, -0.05) is 15.9 Å². The van der Waals surface area contributed by atoms with E-state index in [9.17, 15) is 18.5 Å². The lowest BCUT2D eigenvalue weighted by atomic mass is 10.1. The van der Waals surface area contributed by atoms with Gasteiger partial charge in [0.1, 0.15) is 0 Å². The number of halogens is 2. The zero-order valence-electron chi connectivity index (χ0n) is 10.9. The number of hydrogen-bond donors (Lipinski definition) is 1. The Labute approximate surface area is 137 Å². The minimum atomic E-state index is -3.88. The van der Waals surface area contributed by atoms with Gasteiger partial charge in [-0.05, 0) is 25.0 Å². The number of piperidine rings is 1. The predicted octanol–water partition coefficient (Wildman–Crippen LogP) is 1.89. The molecular formula is C11H15BrClN3O4S. The van der Waals surface area contributed by atoms with Gasteiger partial charge in [-0.2, -0.15) is 4.31 Å². The van der Waals surface area contributed by atoms with E-state index in [-0.39, 0.29) is 36.4 Å². The first kappa shape index (κ1) is 18.3. The Morgan fingerprint density at radius 1 is 1.33 bits per heavy atom. The minimum Gasteiger partial charge on any atom is -0.328 e. The average molecular weight is 401 g/mol. The number of nitrogens with zero attached hydrogens (tertiary/aromatic N) is 2. The summed E-state index contributed by atoms with van der Waals surface area (Å²) in [5, 5.41) is 11.0. The smallest absolute Gasteiger partial charge is 0.289 e. The van der Waals surface area contributed by atoms with E-state index >= 15 is 0 Å². The van der Waals surface area contributed by atoms with E-state index in [0.29, 0.717) is 17.3 Å². The summed E-state index contributed by atoms with van der Waals surface area (Å²) in [5.41, 5.74) is 5.33. The molecule has 0 aromatic heterocycles. The Bertz CT molecular complexity index is 632. The molecule has 0 aliphatic carbocycles. The summed E-state index contributed by atoms with van der Waals surface area (Å²) in [5.74, 6) is 0. The van der Waals surface area contributed by atoms with Crippen molar-refractivity contribution in [3.63, 3.8) is 0 Å². The van der Waals surface area contributed by atoms with Crippen molar-refractivity contribution in [2.45, 2.75) is 23.8 Å². The number of rotatable bonds is 3. The van der Waals surface area contributed by atoms with Gasteiger partial charge in [0, 0.05) is 29.7 Å². The molecule has 21 heavy (non-hydrogen) atoms. The maximum atomic E-state index is 12.5. The molecule has 2 rings (SSSR count). The van der Waals surface area contributed by atoms with Crippen molar-refractivity contribution < 1.29 is 13.3 Å². The third kappa shape index (κ3) is 3.92. The van der Waals surface area contributed by atoms with Gasteiger partial charge in [0.15, 0.2) is 4.90 Å². The Morgan fingerprint density at radius 3 is 2.43 bits per heavy atom. The van der Waals surface area contributed by atoms with Gasteiger partial charge in [-0.15, -0.1) is 12.4 Å². The molecule has 1 fully saturated rings. The molecule has 1 heterocycles. The van der Waals surface area contributed by atoms with Crippen LogP contribution in [0.5, 0.6) is 0 Å². The summed E-state index contributed by atoms with van der Waals surface area (Å²) in [4.78, 5) is 10.0. The number of hydrogen-bond acceptors (Lipinski definition) is 5. The van der Waals surface area contributed by atoms with Crippen LogP contribution in [0.4, 0.5) is 5.69 Å². The SMILES string of the molecule is Cl.NC1CCN(S(=O)(=O)c2cc(Br)ccc2[N+](=O)[O-])CC1. The Hall–Kier alpha value is -0.740. The Balaban J connectivity index is 0.00000220. The van der Waals surface area contributed by atoms with Crippen LogP contribution in [0, 0.1) is 10.1 Å². The van der Waals surface area contributed by atoms with Crippen LogP contribution in [0.2, 0.25) is 0 Å². The van der Waals surface area contributed by atoms with E-state index in [1.165, 1.54) is 22.5 Å². The molecule has 0 amide bonds. The number of nitrogens with two attached hydrogens (primary N) is 1. The van der Waals surface area contributed by atoms with Gasteiger partial charge in [0.05, 0.1) is 4.92 Å². The second kappa shape index (κ2) is 7.01. The Kier molecular flexibility index (Phi) is 6.11. The van der Waals surface area contributed by atoms with E-state index in [0.717, 1.165) is 0 Å². The number of nitro benzene ring substituents is 1. The second-order valence-corrected chi connectivity index (χ2v) is 7.43. The summed E-state index contributed by atoms with van der Waals surface area (Å²) in [6, 6.07) is 3.89. The molecule has 1 saturated heterocycles. The van der Waals surface area contributed by atoms with Crippen molar-refractivity contribution in [1.29, 1.82) is 0 Å². The van der Waals surface area contributed by atoms with Crippen molar-refractivity contribution in [1.82, 2.24) is 4.31 Å². The lowest BCUT2D eigenvalue weighted by Gasteiger charge is -2.29. The topological polar surface area (TPSA) is 107 Å². The van der Waals surface area contributed by atoms with E-state index in [4.69, 9.17) is 5.73 Å². The van der Waals surface area contributed by atoms with Gasteiger partial charge in [0.2, 0.25) is 10.0 Å². The molecule has 1 aromatic carbocycles. The standard InChI is InChI=1S/C11H14BrN3O4S.ClH/c12-8-1-2-10(15(16)17)11(7-8)20(18,19)14-5-3-9(13)4-6-14;/h1-2,7,9H,3-6,13H2;1H. The maximum absolute atomic E-state index is 12.5. The average Bonchev–Trinajstić information content (AvgIpc) is 2.38. The highest BCUT2D eigenvalue weighted by atomic mass is 79.9. The second-order valence-electron chi connectivity index (χ2n) is 4.61. The number of sulfonamides is 1. The summed E-state index contributed by atoms with van der Waals surface area (Å²) in [6.07, 6.45) is 1.11. The first-order chi connectivity index (χ1) is 9.32. The predicted molar refractivity (Wildman–Crippen MR) is 84.0 cm³/mol. The summed E-state index contributed by atoms with van der Waals surface area (Å²) >= 11 is 3.15. The van der Waals surface area contributed by atoms with Crippen molar-refractivity contribution in [3.05, 3.63) is 32.8 Å². The molecule has 0 radical (unpaired) electrons. The molecule has 0 spiro atoms. The fourth-order valence-electron chi connectivity index (χ4n) is 2.10. The maximum Gasteiger partial charge on any atom is 0.289 e. The molecule has 1 aromatic rings. The lowest BCUT2D eigenvalue weighted by Crippen LogP contribution is -2.42. The highest BCUT2D eigenvalue weighted by Gasteiger charge is 2.33. The molecular weight excluding hydrogens is 386 g/mol. The van der Waals surface area contributed by atoms with Crippen molar-refractivity contribution >= 4 is 44.0 Å². The van der Waals surface area contributed by atoms with Gasteiger partial charge in [-0.25, -0.2) is 8.42 Å². The van der Waals surface area contributed by atoms with Crippen molar-refractivity contribution in [3.8, 4) is 0 Å². The zero-order chi connectivity index (χ0) is 14.9. The molecule has 2 N–H and O–H groups in total. The summed E-state index contributed by atoms with van der Waals surface area (Å²) in [6.45, 7) is 0.570. The molecule has 10 heteroatoms. The van der Waals surface area contributed by atoms with Crippen LogP contribution in [-0.2, 0) is 10.0 Å². The molecule has 0 unspecified atom stereocenters. The fourth-order valence-corrected chi connectivity index (χ4v) is 4.27. The molecule has 0 atom stereocenters. The quantitative estimate of drug-likeness (QED) is 0.616. The fraction of sp³-hybridized carbons (Fsp3) is 0.455. The lowest BCUT2D eigenvalue weighted by molar-refractivity contribution is -0.387. The van der Waals surface area contributed by atoms with Crippen LogP contribution < -0.4 is 5.73 Å². The van der Waals surface area contributed by atoms with E-state index in [1.807, 2.05) is 0 Å². The third-order valence-corrected chi connectivity index (χ3v) is 5.66. The van der Waals surface area contributed by atoms with Gasteiger partial charge in [0.25, 0.3) is 5.69 Å². The van der Waals surface area contributed by atoms with Crippen LogP contribution in [0.15, 0.2) is 27.6 Å². The van der Waals surface area contributed by atoms with Crippen LogP contribution in [0.25, 0.3) is 0 Å². The molecule has 1 aliphatic heterocycles. The van der Waals surface area contributed by atoms with Crippen LogP contribution >= 0.6 is 28.3 Å². The normalized spacial score (nSPS) is 17.2. The number of benzene rings is 1. The van der Waals surface area contributed by atoms with Crippen LogP contribution in [0.3, 0.4) is 0 Å². The minimum absolute atomic E-state index is 0. The molecule has 0 saturated carbocycles. The summed E-state index contributed by atoms with van der Waals surface area (Å²) in [7, 11) is -3.88. The van der Waals surface area contributed by atoms with E-state index in [2.05, 4.69) is 15.9 Å². The largest absolute Gasteiger partial charge is 0.328 e. The monoisotopic (exact) mass is 399 g/mol. The van der Waals surface area contributed by atoms with Crippen molar-refractivity contribution in [2.24, 2.45) is 5.73 Å². The van der Waals surface area contributed by atoms with E-state index < -0.39 is 20.6 Å². The van der Waals surface area contributed by atoms with Gasteiger partial charge in [-0.3, -0.25) is 10.1 Å². The van der Waals surface area contributed by atoms with Crippen LogP contribution in [0.1, 0.15) is 12.8 Å². The zero-order valence-corrected chi connectivity index (χ0v) is 14.2. The third-order valence-electron chi connectivity index (χ3n) is 3.23. The molecule has 1 aliphatic rings. The highest BCUT2D eigenvalue weighted by molar-refractivity contribution is 9.10. The molecule has 118 valence electrons. The van der Waals surface area contributed by atoms with Crippen LogP contribution in [-0.4, -0.2) is 36.8 Å². The molecule has 7 nitrogen and oxygen atoms in total. The Morgan fingerprint density at radius 2 is 1.90 bits per heavy atom. The van der Waals surface area contributed by atoms with Gasteiger partial charge >= 0.3 is 0 Å². The first-order valence-corrected chi connectivity index (χ1v) is 8.25. The highest BCUT2D eigenvalue weighted by Crippen LogP contribution is 2.30.